The highest BCUT2D eigenvalue weighted by atomic mass is 16.5. The summed E-state index contributed by atoms with van der Waals surface area (Å²) in [4.78, 5) is 11.7. The number of ether oxygens (including phenoxy) is 1. The van der Waals surface area contributed by atoms with Gasteiger partial charge >= 0.3 is 5.97 Å². The molecule has 112 valence electrons. The van der Waals surface area contributed by atoms with Gasteiger partial charge in [0, 0.05) is 12.6 Å². The molecule has 0 amide bonds. The molecule has 0 heterocycles. The number of carboxylic acids is 1. The fourth-order valence-corrected chi connectivity index (χ4v) is 2.49. The monoisotopic (exact) mass is 271 g/mol. The first kappa shape index (κ1) is 16.4. The molecular weight excluding hydrogens is 242 g/mol. The van der Waals surface area contributed by atoms with Crippen molar-refractivity contribution in [3.63, 3.8) is 0 Å². The van der Waals surface area contributed by atoms with Crippen LogP contribution in [0.5, 0.6) is 0 Å². The van der Waals surface area contributed by atoms with Crippen LogP contribution in [0.4, 0.5) is 0 Å². The minimum atomic E-state index is -0.883. The molecule has 0 aromatic rings. The molecule has 19 heavy (non-hydrogen) atoms. The molecule has 1 aliphatic rings. The maximum atomic E-state index is 11.7. The molecule has 2 N–H and O–H groups in total. The van der Waals surface area contributed by atoms with Gasteiger partial charge in [-0.25, -0.2) is 0 Å². The Morgan fingerprint density at radius 3 is 2.42 bits per heavy atom. The van der Waals surface area contributed by atoms with E-state index < -0.39 is 11.5 Å². The summed E-state index contributed by atoms with van der Waals surface area (Å²) in [6.45, 7) is 9.28. The zero-order valence-electron chi connectivity index (χ0n) is 12.7. The van der Waals surface area contributed by atoms with Gasteiger partial charge < -0.3 is 9.84 Å². The average molecular weight is 271 g/mol. The second-order valence-corrected chi connectivity index (χ2v) is 6.44. The van der Waals surface area contributed by atoms with Gasteiger partial charge in [-0.05, 0) is 51.4 Å². The first-order chi connectivity index (χ1) is 8.88. The van der Waals surface area contributed by atoms with Gasteiger partial charge in [0.05, 0.1) is 6.61 Å². The fourth-order valence-electron chi connectivity index (χ4n) is 2.49. The highest BCUT2D eigenvalue weighted by Gasteiger charge is 2.51. The number of nitrogens with one attached hydrogen (secondary N) is 1. The standard InChI is InChI=1S/C15H29NO3/c1-11(2)6-5-9-19-10-15(14(17)18,13-7-8-13)16-12(3)4/h11-13,16H,5-10H2,1-4H3,(H,17,18). The molecule has 0 aromatic carbocycles. The molecule has 1 rings (SSSR count). The average Bonchev–Trinajstić information content (AvgIpc) is 3.09. The number of hydrogen-bond acceptors (Lipinski definition) is 3. The van der Waals surface area contributed by atoms with Crippen molar-refractivity contribution in [2.75, 3.05) is 13.2 Å². The van der Waals surface area contributed by atoms with E-state index >= 15 is 0 Å². The molecule has 0 aromatic heterocycles. The molecule has 0 saturated heterocycles. The van der Waals surface area contributed by atoms with Gasteiger partial charge in [0.1, 0.15) is 5.54 Å². The SMILES string of the molecule is CC(C)CCCOCC(NC(C)C)(C(=O)O)C1CC1. The Kier molecular flexibility index (Phi) is 6.27. The molecule has 4 nitrogen and oxygen atoms in total. The minimum absolute atomic E-state index is 0.149. The van der Waals surface area contributed by atoms with Crippen molar-refractivity contribution in [2.24, 2.45) is 11.8 Å². The molecule has 0 bridgehead atoms. The smallest absolute Gasteiger partial charge is 0.326 e. The molecule has 1 fully saturated rings. The first-order valence-electron chi connectivity index (χ1n) is 7.47. The molecule has 1 aliphatic carbocycles. The summed E-state index contributed by atoms with van der Waals surface area (Å²) in [5.74, 6) is 0.120. The molecule has 1 saturated carbocycles. The van der Waals surface area contributed by atoms with E-state index in [4.69, 9.17) is 4.74 Å². The number of aliphatic carboxylic acids is 1. The maximum absolute atomic E-state index is 11.7. The van der Waals surface area contributed by atoms with Crippen molar-refractivity contribution in [1.82, 2.24) is 5.32 Å². The molecular formula is C15H29NO3. The third-order valence-electron chi connectivity index (χ3n) is 3.60. The highest BCUT2D eigenvalue weighted by molar-refractivity contribution is 5.80. The lowest BCUT2D eigenvalue weighted by Gasteiger charge is -2.32. The van der Waals surface area contributed by atoms with E-state index in [1.807, 2.05) is 13.8 Å². The van der Waals surface area contributed by atoms with Crippen molar-refractivity contribution < 1.29 is 14.6 Å². The van der Waals surface area contributed by atoms with Gasteiger partial charge in [0.2, 0.25) is 0 Å². The van der Waals surface area contributed by atoms with Gasteiger partial charge in [-0.15, -0.1) is 0 Å². The topological polar surface area (TPSA) is 58.6 Å². The second-order valence-electron chi connectivity index (χ2n) is 6.44. The van der Waals surface area contributed by atoms with Crippen LogP contribution in [0.15, 0.2) is 0 Å². The van der Waals surface area contributed by atoms with E-state index in [1.54, 1.807) is 0 Å². The summed E-state index contributed by atoms with van der Waals surface area (Å²) in [7, 11) is 0. The van der Waals surface area contributed by atoms with Crippen LogP contribution in [-0.4, -0.2) is 35.9 Å². The lowest BCUT2D eigenvalue weighted by Crippen LogP contribution is -2.59. The minimum Gasteiger partial charge on any atom is -0.480 e. The molecule has 0 radical (unpaired) electrons. The van der Waals surface area contributed by atoms with Crippen molar-refractivity contribution in [2.45, 2.75) is 65.0 Å². The van der Waals surface area contributed by atoms with Crippen molar-refractivity contribution in [3.8, 4) is 0 Å². The third kappa shape index (κ3) is 5.11. The van der Waals surface area contributed by atoms with Crippen molar-refractivity contribution in [1.29, 1.82) is 0 Å². The Hall–Kier alpha value is -0.610. The predicted molar refractivity (Wildman–Crippen MR) is 76.3 cm³/mol. The van der Waals surface area contributed by atoms with Crippen LogP contribution in [0.1, 0.15) is 53.4 Å². The summed E-state index contributed by atoms with van der Waals surface area (Å²) in [6, 6.07) is 0.149. The van der Waals surface area contributed by atoms with Crippen LogP contribution in [0.2, 0.25) is 0 Å². The van der Waals surface area contributed by atoms with E-state index in [1.165, 1.54) is 0 Å². The Bertz CT molecular complexity index is 287. The van der Waals surface area contributed by atoms with Gasteiger partial charge in [0.25, 0.3) is 0 Å². The van der Waals surface area contributed by atoms with Gasteiger partial charge in [-0.2, -0.15) is 0 Å². The first-order valence-corrected chi connectivity index (χ1v) is 7.47. The zero-order chi connectivity index (χ0) is 14.5. The zero-order valence-corrected chi connectivity index (χ0v) is 12.7. The molecule has 0 aliphatic heterocycles. The third-order valence-corrected chi connectivity index (χ3v) is 3.60. The Balaban J connectivity index is 2.47. The van der Waals surface area contributed by atoms with Crippen LogP contribution < -0.4 is 5.32 Å². The normalized spacial score (nSPS) is 18.8. The largest absolute Gasteiger partial charge is 0.480 e. The Morgan fingerprint density at radius 1 is 1.37 bits per heavy atom. The molecule has 0 spiro atoms. The van der Waals surface area contributed by atoms with Gasteiger partial charge in [0.15, 0.2) is 0 Å². The Morgan fingerprint density at radius 2 is 2.00 bits per heavy atom. The van der Waals surface area contributed by atoms with Crippen LogP contribution in [0, 0.1) is 11.8 Å². The number of carbonyl (C=O) groups is 1. The van der Waals surface area contributed by atoms with Crippen LogP contribution >= 0.6 is 0 Å². The lowest BCUT2D eigenvalue weighted by atomic mass is 9.93. The summed E-state index contributed by atoms with van der Waals surface area (Å²) < 4.78 is 5.67. The fraction of sp³-hybridized carbons (Fsp3) is 0.933. The highest BCUT2D eigenvalue weighted by Crippen LogP contribution is 2.40. The lowest BCUT2D eigenvalue weighted by molar-refractivity contribution is -0.149. The van der Waals surface area contributed by atoms with Crippen LogP contribution in [0.25, 0.3) is 0 Å². The van der Waals surface area contributed by atoms with Crippen LogP contribution in [0.3, 0.4) is 0 Å². The van der Waals surface area contributed by atoms with E-state index in [0.29, 0.717) is 12.5 Å². The summed E-state index contributed by atoms with van der Waals surface area (Å²) in [5.41, 5.74) is -0.883. The van der Waals surface area contributed by atoms with Gasteiger partial charge in [-0.1, -0.05) is 13.8 Å². The summed E-state index contributed by atoms with van der Waals surface area (Å²) in [6.07, 6.45) is 4.10. The summed E-state index contributed by atoms with van der Waals surface area (Å²) in [5, 5.41) is 12.8. The Labute approximate surface area is 116 Å². The number of rotatable bonds is 10. The molecule has 4 heteroatoms. The number of hydrogen-bond donors (Lipinski definition) is 2. The molecule has 1 unspecified atom stereocenters. The van der Waals surface area contributed by atoms with Crippen LogP contribution in [-0.2, 0) is 9.53 Å². The molecule has 1 atom stereocenters. The maximum Gasteiger partial charge on any atom is 0.326 e. The van der Waals surface area contributed by atoms with Crippen molar-refractivity contribution >= 4 is 5.97 Å². The summed E-state index contributed by atoms with van der Waals surface area (Å²) >= 11 is 0. The van der Waals surface area contributed by atoms with Gasteiger partial charge in [-0.3, -0.25) is 10.1 Å². The van der Waals surface area contributed by atoms with E-state index in [-0.39, 0.29) is 18.6 Å². The van der Waals surface area contributed by atoms with E-state index in [0.717, 1.165) is 25.7 Å². The van der Waals surface area contributed by atoms with Crippen molar-refractivity contribution in [3.05, 3.63) is 0 Å². The van der Waals surface area contributed by atoms with E-state index in [2.05, 4.69) is 19.2 Å². The quantitative estimate of drug-likeness (QED) is 0.600. The number of carboxylic acid groups (broad SMARTS) is 1. The second kappa shape index (κ2) is 7.25. The predicted octanol–water partition coefficient (Wildman–Crippen LogP) is 2.67. The van der Waals surface area contributed by atoms with E-state index in [9.17, 15) is 9.90 Å².